The molecule has 0 aliphatic rings. The predicted molar refractivity (Wildman–Crippen MR) is 97.3 cm³/mol. The Hall–Kier alpha value is -3.09. The minimum absolute atomic E-state index is 0.0380. The number of carboxylic acids is 1. The molecule has 0 radical (unpaired) electrons. The van der Waals surface area contributed by atoms with Gasteiger partial charge in [0.2, 0.25) is 0 Å². The second-order valence-electron chi connectivity index (χ2n) is 5.99. The van der Waals surface area contributed by atoms with Crippen LogP contribution in [-0.4, -0.2) is 36.7 Å². The predicted octanol–water partition coefficient (Wildman–Crippen LogP) is 2.66. The minimum atomic E-state index is -1.04. The van der Waals surface area contributed by atoms with Gasteiger partial charge in [-0.25, -0.2) is 4.39 Å². The first-order valence-corrected chi connectivity index (χ1v) is 8.46. The van der Waals surface area contributed by atoms with Crippen molar-refractivity contribution in [2.24, 2.45) is 5.92 Å². The van der Waals surface area contributed by atoms with E-state index in [9.17, 15) is 19.1 Å². The van der Waals surface area contributed by atoms with Crippen molar-refractivity contribution in [3.05, 3.63) is 59.9 Å². The number of benzene rings is 2. The van der Waals surface area contributed by atoms with E-state index < -0.39 is 29.7 Å². The van der Waals surface area contributed by atoms with Crippen LogP contribution in [0.2, 0.25) is 0 Å². The number of ether oxygens (including phenoxy) is 2. The number of carbonyl (C=O) groups is 2. The van der Waals surface area contributed by atoms with E-state index in [4.69, 9.17) is 9.47 Å². The molecule has 144 valence electrons. The Morgan fingerprint density at radius 1 is 1.11 bits per heavy atom. The number of aliphatic carboxylic acids is 1. The normalized spacial score (nSPS) is 12.7. The molecule has 0 saturated heterocycles. The molecule has 2 rings (SSSR count). The molecule has 0 aliphatic carbocycles. The largest absolute Gasteiger partial charge is 0.496 e. The summed E-state index contributed by atoms with van der Waals surface area (Å²) in [4.78, 5) is 23.7. The first kappa shape index (κ1) is 20.2. The Labute approximate surface area is 156 Å². The van der Waals surface area contributed by atoms with E-state index in [-0.39, 0.29) is 18.7 Å². The maximum absolute atomic E-state index is 13.6. The van der Waals surface area contributed by atoms with Gasteiger partial charge >= 0.3 is 5.97 Å². The summed E-state index contributed by atoms with van der Waals surface area (Å²) in [6, 6.07) is 12.9. The zero-order valence-electron chi connectivity index (χ0n) is 15.1. The number of hydrogen-bond acceptors (Lipinski definition) is 4. The van der Waals surface area contributed by atoms with Crippen molar-refractivity contribution in [2.75, 3.05) is 13.7 Å². The van der Waals surface area contributed by atoms with Crippen LogP contribution in [0.15, 0.2) is 48.5 Å². The number of nitrogens with one attached hydrogen (secondary N) is 1. The summed E-state index contributed by atoms with van der Waals surface area (Å²) in [7, 11) is 1.51. The van der Waals surface area contributed by atoms with Gasteiger partial charge in [0, 0.05) is 6.54 Å². The third-order valence-corrected chi connectivity index (χ3v) is 4.04. The van der Waals surface area contributed by atoms with Gasteiger partial charge in [-0.3, -0.25) is 9.59 Å². The molecule has 0 aliphatic heterocycles. The molecule has 7 heteroatoms. The zero-order chi connectivity index (χ0) is 19.8. The SMILES string of the molecule is COc1ccccc1CC(CNC(=O)C(C)Oc1ccccc1F)C(=O)O. The molecule has 0 bridgehead atoms. The van der Waals surface area contributed by atoms with E-state index in [0.717, 1.165) is 5.56 Å². The third kappa shape index (κ3) is 5.70. The smallest absolute Gasteiger partial charge is 0.308 e. The highest BCUT2D eigenvalue weighted by Gasteiger charge is 2.23. The summed E-state index contributed by atoms with van der Waals surface area (Å²) in [6.07, 6.45) is -0.773. The number of carboxylic acid groups (broad SMARTS) is 1. The molecule has 6 nitrogen and oxygen atoms in total. The fourth-order valence-electron chi connectivity index (χ4n) is 2.54. The van der Waals surface area contributed by atoms with E-state index in [0.29, 0.717) is 5.75 Å². The summed E-state index contributed by atoms with van der Waals surface area (Å²) in [5.74, 6) is -2.42. The number of halogens is 1. The Kier molecular flexibility index (Phi) is 7.16. The molecule has 1 amide bonds. The van der Waals surface area contributed by atoms with Crippen LogP contribution in [0.4, 0.5) is 4.39 Å². The van der Waals surface area contributed by atoms with Crippen LogP contribution in [0, 0.1) is 11.7 Å². The fraction of sp³-hybridized carbons (Fsp3) is 0.300. The second kappa shape index (κ2) is 9.56. The monoisotopic (exact) mass is 375 g/mol. The molecule has 2 aromatic carbocycles. The number of rotatable bonds is 9. The van der Waals surface area contributed by atoms with Gasteiger partial charge in [-0.1, -0.05) is 30.3 Å². The maximum Gasteiger partial charge on any atom is 0.308 e. The van der Waals surface area contributed by atoms with Crippen molar-refractivity contribution >= 4 is 11.9 Å². The molecular formula is C20H22FNO5. The summed E-state index contributed by atoms with van der Waals surface area (Å²) in [6.45, 7) is 1.38. The third-order valence-electron chi connectivity index (χ3n) is 4.04. The van der Waals surface area contributed by atoms with Crippen molar-refractivity contribution in [3.63, 3.8) is 0 Å². The molecular weight excluding hydrogens is 353 g/mol. The zero-order valence-corrected chi connectivity index (χ0v) is 15.1. The van der Waals surface area contributed by atoms with Crippen molar-refractivity contribution in [1.29, 1.82) is 0 Å². The molecule has 0 aromatic heterocycles. The van der Waals surface area contributed by atoms with Crippen LogP contribution < -0.4 is 14.8 Å². The number of methoxy groups -OCH3 is 1. The molecule has 0 fully saturated rings. The van der Waals surface area contributed by atoms with E-state index in [1.165, 1.54) is 32.2 Å². The van der Waals surface area contributed by atoms with Gasteiger partial charge in [0.05, 0.1) is 13.0 Å². The molecule has 0 saturated carbocycles. The summed E-state index contributed by atoms with van der Waals surface area (Å²) >= 11 is 0. The number of para-hydroxylation sites is 2. The lowest BCUT2D eigenvalue weighted by Gasteiger charge is -2.18. The van der Waals surface area contributed by atoms with Gasteiger partial charge < -0.3 is 19.9 Å². The van der Waals surface area contributed by atoms with Crippen molar-refractivity contribution < 1.29 is 28.6 Å². The molecule has 0 heterocycles. The lowest BCUT2D eigenvalue weighted by molar-refractivity contribution is -0.141. The van der Waals surface area contributed by atoms with E-state index in [1.807, 2.05) is 0 Å². The van der Waals surface area contributed by atoms with Gasteiger partial charge in [0.1, 0.15) is 5.75 Å². The summed E-state index contributed by atoms with van der Waals surface area (Å²) in [5.41, 5.74) is 0.734. The molecule has 2 unspecified atom stereocenters. The van der Waals surface area contributed by atoms with Crippen LogP contribution in [-0.2, 0) is 16.0 Å². The first-order chi connectivity index (χ1) is 12.9. The lowest BCUT2D eigenvalue weighted by Crippen LogP contribution is -2.41. The fourth-order valence-corrected chi connectivity index (χ4v) is 2.54. The minimum Gasteiger partial charge on any atom is -0.496 e. The van der Waals surface area contributed by atoms with E-state index in [1.54, 1.807) is 30.3 Å². The van der Waals surface area contributed by atoms with Gasteiger partial charge in [-0.15, -0.1) is 0 Å². The van der Waals surface area contributed by atoms with Gasteiger partial charge in [0.15, 0.2) is 17.7 Å². The highest BCUT2D eigenvalue weighted by molar-refractivity contribution is 5.81. The first-order valence-electron chi connectivity index (χ1n) is 8.46. The molecule has 2 atom stereocenters. The average Bonchev–Trinajstić information content (AvgIpc) is 2.66. The van der Waals surface area contributed by atoms with Crippen LogP contribution in [0.25, 0.3) is 0 Å². The second-order valence-corrected chi connectivity index (χ2v) is 5.99. The highest BCUT2D eigenvalue weighted by Crippen LogP contribution is 2.21. The molecule has 0 spiro atoms. The Bertz CT molecular complexity index is 795. The Morgan fingerprint density at radius 3 is 2.37 bits per heavy atom. The van der Waals surface area contributed by atoms with Crippen molar-refractivity contribution in [1.82, 2.24) is 5.32 Å². The van der Waals surface area contributed by atoms with Gasteiger partial charge in [-0.2, -0.15) is 0 Å². The maximum atomic E-state index is 13.6. The topological polar surface area (TPSA) is 84.9 Å². The highest BCUT2D eigenvalue weighted by atomic mass is 19.1. The number of carbonyl (C=O) groups excluding carboxylic acids is 1. The Balaban J connectivity index is 1.95. The van der Waals surface area contributed by atoms with Crippen LogP contribution in [0.3, 0.4) is 0 Å². The van der Waals surface area contributed by atoms with E-state index in [2.05, 4.69) is 5.32 Å². The van der Waals surface area contributed by atoms with Crippen LogP contribution in [0.5, 0.6) is 11.5 Å². The van der Waals surface area contributed by atoms with Gasteiger partial charge in [-0.05, 0) is 37.1 Å². The molecule has 27 heavy (non-hydrogen) atoms. The van der Waals surface area contributed by atoms with Crippen LogP contribution >= 0.6 is 0 Å². The van der Waals surface area contributed by atoms with E-state index >= 15 is 0 Å². The molecule has 2 N–H and O–H groups in total. The average molecular weight is 375 g/mol. The Morgan fingerprint density at radius 2 is 1.74 bits per heavy atom. The van der Waals surface area contributed by atoms with Crippen molar-refractivity contribution in [3.8, 4) is 11.5 Å². The summed E-state index contributed by atoms with van der Waals surface area (Å²) < 4.78 is 24.1. The number of amides is 1. The standard InChI is InChI=1S/C20H22FNO5/c1-13(27-18-10-6-4-8-16(18)21)19(23)22-12-15(20(24)25)11-14-7-3-5-9-17(14)26-2/h3-10,13,15H,11-12H2,1-2H3,(H,22,23)(H,24,25). The quantitative estimate of drug-likeness (QED) is 0.704. The van der Waals surface area contributed by atoms with Crippen molar-refractivity contribution in [2.45, 2.75) is 19.4 Å². The summed E-state index contributed by atoms with van der Waals surface area (Å²) in [5, 5.41) is 12.0. The lowest BCUT2D eigenvalue weighted by atomic mass is 9.98. The van der Waals surface area contributed by atoms with Crippen LogP contribution in [0.1, 0.15) is 12.5 Å². The molecule has 2 aromatic rings. The number of hydrogen-bond donors (Lipinski definition) is 2. The van der Waals surface area contributed by atoms with Gasteiger partial charge in [0.25, 0.3) is 5.91 Å².